The Kier molecular flexibility index (Phi) is 6.25. The van der Waals surface area contributed by atoms with E-state index in [9.17, 15) is 19.5 Å². The Morgan fingerprint density at radius 1 is 1.15 bits per heavy atom. The van der Waals surface area contributed by atoms with Crippen molar-refractivity contribution >= 4 is 22.8 Å². The number of aliphatic carboxylic acids is 1. The zero-order valence-electron chi connectivity index (χ0n) is 16.2. The molecule has 0 saturated carbocycles. The van der Waals surface area contributed by atoms with Crippen LogP contribution in [-0.4, -0.2) is 29.6 Å². The second-order valence-electron chi connectivity index (χ2n) is 7.08. The molecular weight excluding hydrogens is 350 g/mol. The van der Waals surface area contributed by atoms with Gasteiger partial charge in [0.25, 0.3) is 5.91 Å². The Hall–Kier alpha value is -2.83. The molecule has 1 aromatic carbocycles. The molecule has 0 aliphatic rings. The lowest BCUT2D eigenvalue weighted by molar-refractivity contribution is -0.142. The van der Waals surface area contributed by atoms with Gasteiger partial charge in [-0.15, -0.1) is 0 Å². The van der Waals surface area contributed by atoms with Gasteiger partial charge in [0.15, 0.2) is 6.61 Å². The molecule has 27 heavy (non-hydrogen) atoms. The topological polar surface area (TPSA) is 106 Å². The number of hydrogen-bond acceptors (Lipinski definition) is 5. The van der Waals surface area contributed by atoms with Gasteiger partial charge in [-0.1, -0.05) is 13.8 Å². The third-order valence-electron chi connectivity index (χ3n) is 4.52. The van der Waals surface area contributed by atoms with Gasteiger partial charge >= 0.3 is 11.6 Å². The lowest BCUT2D eigenvalue weighted by Crippen LogP contribution is -2.43. The molecule has 1 amide bonds. The van der Waals surface area contributed by atoms with Crippen molar-refractivity contribution in [2.24, 2.45) is 5.92 Å². The fourth-order valence-electron chi connectivity index (χ4n) is 2.85. The molecule has 0 spiro atoms. The smallest absolute Gasteiger partial charge is 0.339 e. The van der Waals surface area contributed by atoms with Gasteiger partial charge in [-0.05, 0) is 50.8 Å². The van der Waals surface area contributed by atoms with Crippen molar-refractivity contribution in [3.63, 3.8) is 0 Å². The van der Waals surface area contributed by atoms with Crippen molar-refractivity contribution in [3.05, 3.63) is 39.2 Å². The highest BCUT2D eigenvalue weighted by Crippen LogP contribution is 2.29. The second-order valence-corrected chi connectivity index (χ2v) is 7.08. The molecule has 2 aromatic rings. The Morgan fingerprint density at radius 2 is 1.81 bits per heavy atom. The number of carbonyl (C=O) groups is 2. The lowest BCUT2D eigenvalue weighted by atomic mass is 10.0. The standard InChI is InChI=1S/C20H25NO6/c1-10(2)8-15(19(23)24)21-17(22)9-26-16-7-6-14-11(3)12(4)20(25)27-18(14)13(16)5/h6-7,10,15H,8-9H2,1-5H3,(H,21,22)(H,23,24)/t15-/m1/s1. The lowest BCUT2D eigenvalue weighted by Gasteiger charge is -2.17. The van der Waals surface area contributed by atoms with E-state index in [-0.39, 0.29) is 12.5 Å². The normalized spacial score (nSPS) is 12.2. The van der Waals surface area contributed by atoms with E-state index in [2.05, 4.69) is 5.32 Å². The first-order chi connectivity index (χ1) is 12.6. The Morgan fingerprint density at radius 3 is 2.41 bits per heavy atom. The summed E-state index contributed by atoms with van der Waals surface area (Å²) in [6.07, 6.45) is 0.333. The Balaban J connectivity index is 2.16. The molecule has 0 aliphatic carbocycles. The van der Waals surface area contributed by atoms with Crippen molar-refractivity contribution in [3.8, 4) is 5.75 Å². The molecule has 0 fully saturated rings. The summed E-state index contributed by atoms with van der Waals surface area (Å²) in [5, 5.41) is 12.5. The number of rotatable bonds is 7. The fraction of sp³-hybridized carbons (Fsp3) is 0.450. The second kappa shape index (κ2) is 8.24. The highest BCUT2D eigenvalue weighted by molar-refractivity contribution is 5.86. The SMILES string of the molecule is Cc1c(C)c2ccc(OCC(=O)N[C@H](CC(C)C)C(=O)O)c(C)c2oc1=O. The number of amides is 1. The molecule has 7 nitrogen and oxygen atoms in total. The van der Waals surface area contributed by atoms with Crippen molar-refractivity contribution in [1.29, 1.82) is 0 Å². The summed E-state index contributed by atoms with van der Waals surface area (Å²) in [7, 11) is 0. The van der Waals surface area contributed by atoms with Gasteiger partial charge in [0.2, 0.25) is 0 Å². The Labute approximate surface area is 157 Å². The van der Waals surface area contributed by atoms with E-state index in [1.165, 1.54) is 0 Å². The summed E-state index contributed by atoms with van der Waals surface area (Å²) in [4.78, 5) is 35.2. The molecule has 2 N–H and O–H groups in total. The third-order valence-corrected chi connectivity index (χ3v) is 4.52. The minimum Gasteiger partial charge on any atom is -0.483 e. The molecule has 0 saturated heterocycles. The van der Waals surface area contributed by atoms with Gasteiger partial charge in [0, 0.05) is 16.5 Å². The maximum atomic E-state index is 12.1. The van der Waals surface area contributed by atoms with Gasteiger partial charge in [-0.3, -0.25) is 4.79 Å². The molecule has 146 valence electrons. The van der Waals surface area contributed by atoms with Crippen LogP contribution < -0.4 is 15.7 Å². The molecule has 0 aliphatic heterocycles. The highest BCUT2D eigenvalue weighted by atomic mass is 16.5. The largest absolute Gasteiger partial charge is 0.483 e. The molecule has 0 unspecified atom stereocenters. The van der Waals surface area contributed by atoms with Crippen molar-refractivity contribution in [1.82, 2.24) is 5.32 Å². The number of carboxylic acids is 1. The predicted octanol–water partition coefficient (Wildman–Crippen LogP) is 2.71. The molecule has 0 radical (unpaired) electrons. The van der Waals surface area contributed by atoms with E-state index < -0.39 is 23.5 Å². The number of hydrogen-bond donors (Lipinski definition) is 2. The molecular formula is C20H25NO6. The average Bonchev–Trinajstić information content (AvgIpc) is 2.58. The Bertz CT molecular complexity index is 928. The van der Waals surface area contributed by atoms with Crippen LogP contribution in [0.1, 0.15) is 37.0 Å². The first-order valence-corrected chi connectivity index (χ1v) is 8.80. The van der Waals surface area contributed by atoms with Crippen LogP contribution in [0.15, 0.2) is 21.3 Å². The summed E-state index contributed by atoms with van der Waals surface area (Å²) >= 11 is 0. The van der Waals surface area contributed by atoms with Gasteiger partial charge in [-0.25, -0.2) is 9.59 Å². The number of nitrogens with one attached hydrogen (secondary N) is 1. The zero-order valence-corrected chi connectivity index (χ0v) is 16.2. The molecule has 2 rings (SSSR count). The minimum atomic E-state index is -1.08. The molecule has 1 aromatic heterocycles. The van der Waals surface area contributed by atoms with Crippen LogP contribution in [0.4, 0.5) is 0 Å². The number of carboxylic acid groups (broad SMARTS) is 1. The minimum absolute atomic E-state index is 0.129. The maximum Gasteiger partial charge on any atom is 0.339 e. The van der Waals surface area contributed by atoms with Gasteiger partial charge < -0.3 is 19.6 Å². The third kappa shape index (κ3) is 4.67. The molecule has 0 bridgehead atoms. The zero-order chi connectivity index (χ0) is 20.3. The van der Waals surface area contributed by atoms with E-state index >= 15 is 0 Å². The van der Waals surface area contributed by atoms with Crippen LogP contribution in [0.25, 0.3) is 11.0 Å². The van der Waals surface area contributed by atoms with Gasteiger partial charge in [-0.2, -0.15) is 0 Å². The molecule has 1 heterocycles. The van der Waals surface area contributed by atoms with E-state index in [0.717, 1.165) is 10.9 Å². The monoisotopic (exact) mass is 375 g/mol. The maximum absolute atomic E-state index is 12.1. The van der Waals surface area contributed by atoms with E-state index in [0.29, 0.717) is 28.9 Å². The summed E-state index contributed by atoms with van der Waals surface area (Å²) in [5.41, 5.74) is 2.02. The quantitative estimate of drug-likeness (QED) is 0.721. The summed E-state index contributed by atoms with van der Waals surface area (Å²) < 4.78 is 10.9. The first kappa shape index (κ1) is 20.5. The number of aryl methyl sites for hydroxylation is 2. The van der Waals surface area contributed by atoms with Gasteiger partial charge in [0.05, 0.1) is 0 Å². The summed E-state index contributed by atoms with van der Waals surface area (Å²) in [6.45, 7) is 8.74. The van der Waals surface area contributed by atoms with Crippen LogP contribution in [0.5, 0.6) is 5.75 Å². The van der Waals surface area contributed by atoms with Crippen LogP contribution in [0.3, 0.4) is 0 Å². The van der Waals surface area contributed by atoms with Crippen molar-refractivity contribution in [2.75, 3.05) is 6.61 Å². The fourth-order valence-corrected chi connectivity index (χ4v) is 2.85. The van der Waals surface area contributed by atoms with E-state index in [1.807, 2.05) is 20.8 Å². The van der Waals surface area contributed by atoms with Crippen LogP contribution in [0.2, 0.25) is 0 Å². The van der Waals surface area contributed by atoms with Gasteiger partial charge in [0.1, 0.15) is 17.4 Å². The summed E-state index contributed by atoms with van der Waals surface area (Å²) in [5.74, 6) is -1.07. The average molecular weight is 375 g/mol. The van der Waals surface area contributed by atoms with Crippen LogP contribution in [-0.2, 0) is 9.59 Å². The van der Waals surface area contributed by atoms with Crippen LogP contribution in [0, 0.1) is 26.7 Å². The highest BCUT2D eigenvalue weighted by Gasteiger charge is 2.21. The first-order valence-electron chi connectivity index (χ1n) is 8.80. The number of ether oxygens (including phenoxy) is 1. The van der Waals surface area contributed by atoms with E-state index in [4.69, 9.17) is 9.15 Å². The van der Waals surface area contributed by atoms with Crippen molar-refractivity contribution in [2.45, 2.75) is 47.1 Å². The molecule has 7 heteroatoms. The predicted molar refractivity (Wildman–Crippen MR) is 101 cm³/mol. The molecule has 1 atom stereocenters. The van der Waals surface area contributed by atoms with Crippen LogP contribution >= 0.6 is 0 Å². The van der Waals surface area contributed by atoms with E-state index in [1.54, 1.807) is 26.0 Å². The number of fused-ring (bicyclic) bond motifs is 1. The number of carbonyl (C=O) groups excluding carboxylic acids is 1. The summed E-state index contributed by atoms with van der Waals surface area (Å²) in [6, 6.07) is 2.53. The van der Waals surface area contributed by atoms with Crippen molar-refractivity contribution < 1.29 is 23.8 Å². The number of benzene rings is 1.